The molecule has 1 aliphatic heterocycles. The van der Waals surface area contributed by atoms with E-state index >= 15 is 0 Å². The third-order valence-electron chi connectivity index (χ3n) is 5.66. The van der Waals surface area contributed by atoms with Gasteiger partial charge in [-0.05, 0) is 65.6 Å². The van der Waals surface area contributed by atoms with E-state index in [0.717, 1.165) is 55.9 Å². The monoisotopic (exact) mass is 415 g/mol. The molecule has 2 fully saturated rings. The molecule has 4 rings (SSSR count). The maximum Gasteiger partial charge on any atom is 0.244 e. The lowest BCUT2D eigenvalue weighted by atomic mass is 10.1. The lowest BCUT2D eigenvalue weighted by Gasteiger charge is -2.19. The molecule has 2 aromatic rings. The van der Waals surface area contributed by atoms with Gasteiger partial charge in [0, 0.05) is 54.7 Å². The largest absolute Gasteiger partial charge is 0.353 e. The third kappa shape index (κ3) is 4.93. The molecule has 1 aromatic heterocycles. The Morgan fingerprint density at radius 2 is 1.96 bits per heavy atom. The second-order valence-corrected chi connectivity index (χ2v) is 8.54. The van der Waals surface area contributed by atoms with Crippen LogP contribution in [-0.4, -0.2) is 35.4 Å². The number of nitrogens with one attached hydrogen (secondary N) is 1. The van der Waals surface area contributed by atoms with Gasteiger partial charge in [-0.2, -0.15) is 0 Å². The number of benzene rings is 1. The van der Waals surface area contributed by atoms with Gasteiger partial charge in [0.15, 0.2) is 0 Å². The number of rotatable bonds is 7. The van der Waals surface area contributed by atoms with E-state index in [1.54, 1.807) is 30.6 Å². The van der Waals surface area contributed by atoms with Crippen LogP contribution in [0.4, 0.5) is 0 Å². The predicted octanol–water partition coefficient (Wildman–Crippen LogP) is 4.29. The van der Waals surface area contributed by atoms with E-state index in [9.17, 15) is 4.79 Å². The van der Waals surface area contributed by atoms with E-state index in [4.69, 9.17) is 23.2 Å². The topological polar surface area (TPSA) is 45.2 Å². The number of hydrogen-bond donors (Lipinski definition) is 1. The summed E-state index contributed by atoms with van der Waals surface area (Å²) in [7, 11) is 0. The fourth-order valence-corrected chi connectivity index (χ4v) is 4.89. The molecular weight excluding hydrogens is 393 g/mol. The molecule has 1 aromatic carbocycles. The van der Waals surface area contributed by atoms with E-state index in [1.807, 2.05) is 24.3 Å². The highest BCUT2D eigenvalue weighted by Gasteiger charge is 2.54. The van der Waals surface area contributed by atoms with Crippen molar-refractivity contribution in [2.45, 2.75) is 13.0 Å². The number of aromatic nitrogens is 1. The van der Waals surface area contributed by atoms with Crippen LogP contribution in [0, 0.1) is 17.8 Å². The molecule has 0 spiro atoms. The van der Waals surface area contributed by atoms with E-state index in [-0.39, 0.29) is 5.91 Å². The van der Waals surface area contributed by atoms with E-state index in [2.05, 4.69) is 15.2 Å². The Balaban J connectivity index is 1.16. The van der Waals surface area contributed by atoms with Crippen molar-refractivity contribution in [3.63, 3.8) is 0 Å². The minimum Gasteiger partial charge on any atom is -0.353 e. The number of nitrogens with zero attached hydrogens (tertiary/aromatic N) is 2. The van der Waals surface area contributed by atoms with Gasteiger partial charge in [0.05, 0.1) is 0 Å². The summed E-state index contributed by atoms with van der Waals surface area (Å²) in [5.74, 6) is 2.21. The predicted molar refractivity (Wildman–Crippen MR) is 113 cm³/mol. The molecule has 2 heterocycles. The molecule has 0 bridgehead atoms. The molecule has 146 valence electrons. The van der Waals surface area contributed by atoms with Gasteiger partial charge in [0.1, 0.15) is 0 Å². The number of carbonyl (C=O) groups excluding carboxylic acids is 1. The molecule has 4 nitrogen and oxygen atoms in total. The van der Waals surface area contributed by atoms with E-state index in [0.29, 0.717) is 10.0 Å². The Bertz CT molecular complexity index is 839. The first kappa shape index (κ1) is 19.4. The highest BCUT2D eigenvalue weighted by molar-refractivity contribution is 6.34. The van der Waals surface area contributed by atoms with Crippen LogP contribution in [0.1, 0.15) is 17.5 Å². The number of likely N-dealkylation sites (tertiary alicyclic amines) is 1. The summed E-state index contributed by atoms with van der Waals surface area (Å²) in [5, 5.41) is 4.37. The fourth-order valence-electron chi connectivity index (χ4n) is 4.32. The Morgan fingerprint density at radius 1 is 1.21 bits per heavy atom. The van der Waals surface area contributed by atoms with Gasteiger partial charge >= 0.3 is 0 Å². The van der Waals surface area contributed by atoms with Crippen molar-refractivity contribution < 1.29 is 4.79 Å². The zero-order valence-electron chi connectivity index (χ0n) is 15.5. The molecule has 2 aliphatic rings. The van der Waals surface area contributed by atoms with E-state index in [1.165, 1.54) is 5.56 Å². The number of piperidine rings is 1. The van der Waals surface area contributed by atoms with Crippen LogP contribution in [0.15, 0.2) is 48.8 Å². The van der Waals surface area contributed by atoms with Crippen LogP contribution in [0.25, 0.3) is 6.08 Å². The first-order chi connectivity index (χ1) is 13.6. The summed E-state index contributed by atoms with van der Waals surface area (Å²) in [6, 6.07) is 9.52. The van der Waals surface area contributed by atoms with E-state index < -0.39 is 0 Å². The third-order valence-corrected chi connectivity index (χ3v) is 6.10. The fraction of sp³-hybridized carbons (Fsp3) is 0.364. The van der Waals surface area contributed by atoms with Crippen LogP contribution in [-0.2, 0) is 11.3 Å². The van der Waals surface area contributed by atoms with Crippen molar-refractivity contribution in [1.82, 2.24) is 15.2 Å². The average Bonchev–Trinajstić information content (AvgIpc) is 3.11. The quantitative estimate of drug-likeness (QED) is 0.686. The second-order valence-electron chi connectivity index (χ2n) is 7.66. The van der Waals surface area contributed by atoms with Gasteiger partial charge in [-0.15, -0.1) is 0 Å². The van der Waals surface area contributed by atoms with Gasteiger partial charge < -0.3 is 5.32 Å². The molecule has 1 saturated carbocycles. The highest BCUT2D eigenvalue weighted by atomic mass is 35.5. The first-order valence-electron chi connectivity index (χ1n) is 9.62. The summed E-state index contributed by atoms with van der Waals surface area (Å²) in [6.07, 6.45) is 7.86. The zero-order chi connectivity index (χ0) is 19.5. The van der Waals surface area contributed by atoms with Crippen LogP contribution in [0.3, 0.4) is 0 Å². The smallest absolute Gasteiger partial charge is 0.244 e. The second kappa shape index (κ2) is 8.64. The summed E-state index contributed by atoms with van der Waals surface area (Å²) in [6.45, 7) is 3.87. The maximum atomic E-state index is 11.9. The molecule has 1 N–H and O–H groups in total. The molecule has 1 saturated heterocycles. The normalized spacial score (nSPS) is 23.7. The lowest BCUT2D eigenvalue weighted by molar-refractivity contribution is -0.116. The molecule has 1 amide bonds. The molecule has 6 heteroatoms. The molecule has 2 unspecified atom stereocenters. The van der Waals surface area contributed by atoms with Crippen molar-refractivity contribution in [3.8, 4) is 0 Å². The summed E-state index contributed by atoms with van der Waals surface area (Å²) in [4.78, 5) is 18.4. The Kier molecular flexibility index (Phi) is 6.00. The number of hydrogen-bond acceptors (Lipinski definition) is 3. The highest BCUT2D eigenvalue weighted by Crippen LogP contribution is 2.53. The Morgan fingerprint density at radius 3 is 2.64 bits per heavy atom. The van der Waals surface area contributed by atoms with Crippen molar-refractivity contribution in [2.24, 2.45) is 17.8 Å². The maximum absolute atomic E-state index is 11.9. The number of amides is 1. The van der Waals surface area contributed by atoms with Crippen LogP contribution in [0.5, 0.6) is 0 Å². The van der Waals surface area contributed by atoms with Crippen LogP contribution in [0.2, 0.25) is 10.0 Å². The standard InChI is InChI=1S/C22H23Cl2N3O/c23-17-8-16(9-18(24)10-17)12-27-13-20-19(21(20)14-27)5-7-26-22(28)4-3-15-2-1-6-25-11-15/h1-4,6,8-11,19-21H,5,7,12-14H2,(H,26,28)/b4-3+. The SMILES string of the molecule is O=C(/C=C/c1cccnc1)NCCC1C2CN(Cc3cc(Cl)cc(Cl)c3)CC12. The van der Waals surface area contributed by atoms with Gasteiger partial charge in [-0.25, -0.2) is 0 Å². The molecule has 1 aliphatic carbocycles. The summed E-state index contributed by atoms with van der Waals surface area (Å²) in [5.41, 5.74) is 2.10. The minimum absolute atomic E-state index is 0.0471. The summed E-state index contributed by atoms with van der Waals surface area (Å²) >= 11 is 12.2. The minimum atomic E-state index is -0.0471. The zero-order valence-corrected chi connectivity index (χ0v) is 17.0. The van der Waals surface area contributed by atoms with Gasteiger partial charge in [-0.1, -0.05) is 29.3 Å². The van der Waals surface area contributed by atoms with Crippen molar-refractivity contribution in [1.29, 1.82) is 0 Å². The molecule has 0 radical (unpaired) electrons. The molecule has 2 atom stereocenters. The van der Waals surface area contributed by atoms with Gasteiger partial charge in [-0.3, -0.25) is 14.7 Å². The number of halogens is 2. The number of carbonyl (C=O) groups is 1. The average molecular weight is 416 g/mol. The van der Waals surface area contributed by atoms with Crippen molar-refractivity contribution in [3.05, 3.63) is 70.0 Å². The number of pyridine rings is 1. The first-order valence-corrected chi connectivity index (χ1v) is 10.4. The van der Waals surface area contributed by atoms with Gasteiger partial charge in [0.25, 0.3) is 0 Å². The summed E-state index contributed by atoms with van der Waals surface area (Å²) < 4.78 is 0. The lowest BCUT2D eigenvalue weighted by Crippen LogP contribution is -2.26. The molecule has 28 heavy (non-hydrogen) atoms. The Hall–Kier alpha value is -1.88. The number of fused-ring (bicyclic) bond motifs is 1. The van der Waals surface area contributed by atoms with Crippen LogP contribution < -0.4 is 5.32 Å². The molecular formula is C22H23Cl2N3O. The Labute approximate surface area is 175 Å². The van der Waals surface area contributed by atoms with Crippen molar-refractivity contribution in [2.75, 3.05) is 19.6 Å². The van der Waals surface area contributed by atoms with Gasteiger partial charge in [0.2, 0.25) is 5.91 Å². The van der Waals surface area contributed by atoms with Crippen molar-refractivity contribution >= 4 is 35.2 Å². The van der Waals surface area contributed by atoms with Crippen LogP contribution >= 0.6 is 23.2 Å².